The summed E-state index contributed by atoms with van der Waals surface area (Å²) >= 11 is 0. The molecule has 0 bridgehead atoms. The van der Waals surface area contributed by atoms with E-state index in [2.05, 4.69) is 16.9 Å². The van der Waals surface area contributed by atoms with E-state index in [1.54, 1.807) is 6.92 Å². The van der Waals surface area contributed by atoms with Crippen LogP contribution in [0, 0.1) is 6.92 Å². The Bertz CT molecular complexity index is 543. The summed E-state index contributed by atoms with van der Waals surface area (Å²) in [4.78, 5) is 4.31. The molecule has 0 saturated carbocycles. The van der Waals surface area contributed by atoms with Crippen molar-refractivity contribution in [2.75, 3.05) is 5.32 Å². The van der Waals surface area contributed by atoms with Gasteiger partial charge in [-0.15, -0.1) is 0 Å². The number of alkyl halides is 1. The van der Waals surface area contributed by atoms with Crippen molar-refractivity contribution in [3.05, 3.63) is 53.8 Å². The summed E-state index contributed by atoms with van der Waals surface area (Å²) < 4.78 is 13.6. The summed E-state index contributed by atoms with van der Waals surface area (Å²) in [6, 6.07) is 7.46. The molecular formula is C15H18FN3. The largest absolute Gasteiger partial charge is 0.399 e. The third-order valence-corrected chi connectivity index (χ3v) is 3.03. The van der Waals surface area contributed by atoms with Gasteiger partial charge in [0.15, 0.2) is 0 Å². The smallest absolute Gasteiger partial charge is 0.141 e. The number of dihydropyridines is 1. The summed E-state index contributed by atoms with van der Waals surface area (Å²) in [5.74, 6) is 0.567. The molecule has 3 nitrogen and oxygen atoms in total. The Morgan fingerprint density at radius 3 is 2.58 bits per heavy atom. The lowest BCUT2D eigenvalue weighted by Gasteiger charge is -2.22. The van der Waals surface area contributed by atoms with E-state index in [0.29, 0.717) is 17.1 Å². The second-order valence-corrected chi connectivity index (χ2v) is 4.76. The second-order valence-electron chi connectivity index (χ2n) is 4.76. The summed E-state index contributed by atoms with van der Waals surface area (Å²) in [6.45, 7) is 7.42. The van der Waals surface area contributed by atoms with Gasteiger partial charge in [-0.2, -0.15) is 0 Å². The highest BCUT2D eigenvalue weighted by Gasteiger charge is 2.23. The Kier molecular flexibility index (Phi) is 3.69. The molecule has 1 aromatic carbocycles. The van der Waals surface area contributed by atoms with Crippen molar-refractivity contribution in [2.45, 2.75) is 26.1 Å². The van der Waals surface area contributed by atoms with E-state index in [0.717, 1.165) is 5.69 Å². The molecule has 0 saturated heterocycles. The first-order valence-corrected chi connectivity index (χ1v) is 6.20. The summed E-state index contributed by atoms with van der Waals surface area (Å²) in [6.07, 6.45) is 0.343. The van der Waals surface area contributed by atoms with E-state index >= 15 is 0 Å². The third kappa shape index (κ3) is 3.02. The Balaban J connectivity index is 2.26. The van der Waals surface area contributed by atoms with Crippen molar-refractivity contribution in [1.82, 2.24) is 0 Å². The Labute approximate surface area is 112 Å². The van der Waals surface area contributed by atoms with Gasteiger partial charge in [0.2, 0.25) is 0 Å². The number of aliphatic imine (C=N–C) groups is 1. The van der Waals surface area contributed by atoms with Gasteiger partial charge in [0.05, 0.1) is 6.04 Å². The molecule has 2 unspecified atom stereocenters. The first kappa shape index (κ1) is 13.3. The van der Waals surface area contributed by atoms with Crippen LogP contribution < -0.4 is 11.1 Å². The van der Waals surface area contributed by atoms with E-state index in [4.69, 9.17) is 5.73 Å². The fourth-order valence-corrected chi connectivity index (χ4v) is 1.85. The zero-order chi connectivity index (χ0) is 14.0. The molecular weight excluding hydrogens is 241 g/mol. The van der Waals surface area contributed by atoms with Crippen molar-refractivity contribution < 1.29 is 4.39 Å². The Morgan fingerprint density at radius 2 is 2.00 bits per heavy atom. The van der Waals surface area contributed by atoms with E-state index in [1.807, 2.05) is 31.2 Å². The van der Waals surface area contributed by atoms with Gasteiger partial charge in [0.1, 0.15) is 12.0 Å². The monoisotopic (exact) mass is 259 g/mol. The molecule has 0 fully saturated rings. The minimum absolute atomic E-state index is 0.313. The number of hydrogen-bond acceptors (Lipinski definition) is 3. The molecule has 100 valence electrons. The molecule has 1 aromatic rings. The van der Waals surface area contributed by atoms with E-state index in [-0.39, 0.29) is 0 Å². The molecule has 2 rings (SSSR count). The van der Waals surface area contributed by atoms with Gasteiger partial charge in [-0.25, -0.2) is 4.39 Å². The van der Waals surface area contributed by atoms with Crippen LogP contribution in [0.4, 0.5) is 10.1 Å². The fraction of sp³-hybridized carbons (Fsp3) is 0.267. The van der Waals surface area contributed by atoms with Crippen LogP contribution in [0.2, 0.25) is 0 Å². The number of hydrogen-bond donors (Lipinski definition) is 2. The summed E-state index contributed by atoms with van der Waals surface area (Å²) in [7, 11) is 0. The molecule has 4 heteroatoms. The molecule has 0 amide bonds. The predicted octanol–water partition coefficient (Wildman–Crippen LogP) is 2.94. The summed E-state index contributed by atoms with van der Waals surface area (Å²) in [5.41, 5.74) is 8.60. The topological polar surface area (TPSA) is 50.4 Å². The Hall–Kier alpha value is -2.10. The maximum Gasteiger partial charge on any atom is 0.141 e. The maximum atomic E-state index is 13.6. The lowest BCUT2D eigenvalue weighted by molar-refractivity contribution is 0.351. The second kappa shape index (κ2) is 5.26. The molecule has 0 spiro atoms. The normalized spacial score (nSPS) is 22.5. The van der Waals surface area contributed by atoms with Gasteiger partial charge in [-0.1, -0.05) is 24.3 Å². The minimum atomic E-state index is -1.13. The van der Waals surface area contributed by atoms with Crippen molar-refractivity contribution >= 4 is 11.5 Å². The van der Waals surface area contributed by atoms with Crippen molar-refractivity contribution in [1.29, 1.82) is 0 Å². The number of halogens is 1. The van der Waals surface area contributed by atoms with Gasteiger partial charge in [-0.3, -0.25) is 4.99 Å². The van der Waals surface area contributed by atoms with Gasteiger partial charge in [0.25, 0.3) is 0 Å². The van der Waals surface area contributed by atoms with Crippen LogP contribution >= 0.6 is 0 Å². The van der Waals surface area contributed by atoms with Gasteiger partial charge in [0, 0.05) is 17.0 Å². The number of aryl methyl sites for hydroxylation is 1. The lowest BCUT2D eigenvalue weighted by atomic mass is 10.0. The third-order valence-electron chi connectivity index (χ3n) is 3.03. The highest BCUT2D eigenvalue weighted by molar-refractivity contribution is 6.11. The number of nitrogens with zero attached hydrogens (tertiary/aromatic N) is 1. The molecule has 1 aliphatic heterocycles. The number of anilines is 1. The van der Waals surface area contributed by atoms with Crippen LogP contribution in [0.25, 0.3) is 0 Å². The molecule has 3 N–H and O–H groups in total. The zero-order valence-electron chi connectivity index (χ0n) is 11.2. The van der Waals surface area contributed by atoms with Crippen LogP contribution in [0.15, 0.2) is 53.2 Å². The highest BCUT2D eigenvalue weighted by Crippen LogP contribution is 2.21. The van der Waals surface area contributed by atoms with Gasteiger partial charge >= 0.3 is 0 Å². The van der Waals surface area contributed by atoms with Crippen molar-refractivity contribution in [3.8, 4) is 0 Å². The molecule has 19 heavy (non-hydrogen) atoms. The van der Waals surface area contributed by atoms with Gasteiger partial charge < -0.3 is 11.1 Å². The van der Waals surface area contributed by atoms with Crippen LogP contribution in [0.3, 0.4) is 0 Å². The molecule has 0 aromatic heterocycles. The van der Waals surface area contributed by atoms with Crippen LogP contribution in [-0.4, -0.2) is 18.0 Å². The molecule has 2 atom stereocenters. The predicted molar refractivity (Wildman–Crippen MR) is 78.0 cm³/mol. The number of amidine groups is 1. The fourth-order valence-electron chi connectivity index (χ4n) is 1.85. The number of rotatable bonds is 2. The minimum Gasteiger partial charge on any atom is -0.399 e. The zero-order valence-corrected chi connectivity index (χ0v) is 11.2. The van der Waals surface area contributed by atoms with Crippen molar-refractivity contribution in [2.24, 2.45) is 10.7 Å². The highest BCUT2D eigenvalue weighted by atomic mass is 19.1. The Morgan fingerprint density at radius 1 is 1.37 bits per heavy atom. The van der Waals surface area contributed by atoms with E-state index < -0.39 is 12.2 Å². The van der Waals surface area contributed by atoms with Crippen LogP contribution in [0.1, 0.15) is 12.5 Å². The van der Waals surface area contributed by atoms with E-state index in [9.17, 15) is 4.39 Å². The standard InChI is InChI=1S/C15H18FN3/c1-9-4-6-12(7-5-9)19-15-13(10(2)17)8-14(16)11(3)18-15/h4-8,11,14H,2,17H2,1,3H3,(H,18,19). The average molecular weight is 259 g/mol. The van der Waals surface area contributed by atoms with Crippen LogP contribution in [0.5, 0.6) is 0 Å². The quantitative estimate of drug-likeness (QED) is 0.858. The van der Waals surface area contributed by atoms with Crippen molar-refractivity contribution in [3.63, 3.8) is 0 Å². The number of nitrogens with one attached hydrogen (secondary N) is 1. The maximum absolute atomic E-state index is 13.6. The first-order valence-electron chi connectivity index (χ1n) is 6.20. The summed E-state index contributed by atoms with van der Waals surface area (Å²) in [5, 5.41) is 3.16. The average Bonchev–Trinajstić information content (AvgIpc) is 2.36. The van der Waals surface area contributed by atoms with Gasteiger partial charge in [-0.05, 0) is 32.1 Å². The van der Waals surface area contributed by atoms with E-state index in [1.165, 1.54) is 11.6 Å². The first-order chi connectivity index (χ1) is 8.97. The molecule has 1 aliphatic rings. The van der Waals surface area contributed by atoms with Crippen LogP contribution in [-0.2, 0) is 0 Å². The lowest BCUT2D eigenvalue weighted by Crippen LogP contribution is -2.29. The molecule has 0 radical (unpaired) electrons. The number of benzene rings is 1. The SMILES string of the molecule is C=C(N)C1=CC(F)C(C)N=C1Nc1ccc(C)cc1. The molecule has 0 aliphatic carbocycles. The number of nitrogens with two attached hydrogens (primary N) is 1. The molecule has 1 heterocycles.